The highest BCUT2D eigenvalue weighted by atomic mass is 35.5. The van der Waals surface area contributed by atoms with E-state index in [0.717, 1.165) is 19.3 Å². The Hall–Kier alpha value is 1.35. The van der Waals surface area contributed by atoms with Crippen molar-refractivity contribution < 1.29 is 28.2 Å². The van der Waals surface area contributed by atoms with Crippen LogP contribution in [0.3, 0.4) is 0 Å². The zero-order chi connectivity index (χ0) is 34.9. The second-order valence-corrected chi connectivity index (χ2v) is 31.6. The Morgan fingerprint density at radius 2 is 0.696 bits per heavy atom. The van der Waals surface area contributed by atoms with Crippen LogP contribution in [0.1, 0.15) is 60.8 Å². The van der Waals surface area contributed by atoms with Crippen LogP contribution in [-0.4, -0.2) is 107 Å². The molecule has 46 heavy (non-hydrogen) atoms. The maximum Gasteiger partial charge on any atom is 0.640 e. The van der Waals surface area contributed by atoms with Crippen LogP contribution in [0.2, 0.25) is 74.0 Å². The summed E-state index contributed by atoms with van der Waals surface area (Å²) in [5.41, 5.74) is 0. The van der Waals surface area contributed by atoms with E-state index in [9.17, 15) is 0 Å². The summed E-state index contributed by atoms with van der Waals surface area (Å²) >= 11 is 19.0. The van der Waals surface area contributed by atoms with Gasteiger partial charge in [0, 0.05) is 61.7 Å². The van der Waals surface area contributed by atoms with Gasteiger partial charge in [-0.3, -0.25) is 0 Å². The molecule has 0 fully saturated rings. The lowest BCUT2D eigenvalue weighted by Crippen LogP contribution is -2.43. The molecular weight excluding hydrogens is 694 g/mol. The van der Waals surface area contributed by atoms with Gasteiger partial charge in [-0.15, -0.1) is 34.8 Å². The van der Waals surface area contributed by atoms with E-state index in [2.05, 4.69) is 61.2 Å². The lowest BCUT2D eigenvalue weighted by Gasteiger charge is -2.27. The van der Waals surface area contributed by atoms with Crippen molar-refractivity contribution in [3.05, 3.63) is 0 Å². The fourth-order valence-corrected chi connectivity index (χ4v) is 12.3. The summed E-state index contributed by atoms with van der Waals surface area (Å²) in [7, 11) is -4.43. The highest BCUT2D eigenvalue weighted by Crippen LogP contribution is 2.24. The molecule has 0 bridgehead atoms. The Morgan fingerprint density at radius 3 is 0.891 bits per heavy atom. The molecule has 0 radical (unpaired) electrons. The normalized spacial score (nSPS) is 14.9. The topological polar surface area (TPSA) is 55.4 Å². The van der Waals surface area contributed by atoms with Crippen LogP contribution in [0, 0.1) is 0 Å². The quantitative estimate of drug-likeness (QED) is 0.0377. The van der Waals surface area contributed by atoms with Gasteiger partial charge in [0.15, 0.2) is 0 Å². The molecule has 13 heteroatoms. The SMILES string of the molecule is CC[Si](C)(CC)CCCOCC(CCl)OB(OC(CCl)COCCC[Si](C)(CC)CC)OC(CCl)COCCC[Si](C)(CC)CC. The fourth-order valence-electron chi connectivity index (χ4n) is 5.19. The number of alkyl halides is 3. The highest BCUT2D eigenvalue weighted by Gasteiger charge is 2.33. The molecule has 0 saturated carbocycles. The van der Waals surface area contributed by atoms with Crippen molar-refractivity contribution in [2.75, 3.05) is 57.3 Å². The van der Waals surface area contributed by atoms with E-state index >= 15 is 0 Å². The van der Waals surface area contributed by atoms with Crippen molar-refractivity contribution in [2.24, 2.45) is 0 Å². The Morgan fingerprint density at radius 1 is 0.457 bits per heavy atom. The van der Waals surface area contributed by atoms with Gasteiger partial charge in [0.2, 0.25) is 0 Å². The largest absolute Gasteiger partial charge is 0.640 e. The number of hydrogen-bond acceptors (Lipinski definition) is 6. The molecule has 6 nitrogen and oxygen atoms in total. The molecule has 0 aliphatic carbocycles. The van der Waals surface area contributed by atoms with Gasteiger partial charge in [0.25, 0.3) is 0 Å². The third-order valence-corrected chi connectivity index (χ3v) is 26.6. The van der Waals surface area contributed by atoms with Gasteiger partial charge in [-0.1, -0.05) is 116 Å². The first-order valence-corrected chi connectivity index (χ1v) is 29.3. The Bertz CT molecular complexity index is 619. The van der Waals surface area contributed by atoms with E-state index in [1.165, 1.54) is 54.4 Å². The van der Waals surface area contributed by atoms with Crippen LogP contribution >= 0.6 is 34.8 Å². The van der Waals surface area contributed by atoms with E-state index in [1.807, 2.05) is 0 Å². The van der Waals surface area contributed by atoms with Gasteiger partial charge >= 0.3 is 7.32 Å². The van der Waals surface area contributed by atoms with Crippen molar-refractivity contribution in [2.45, 2.75) is 153 Å². The van der Waals surface area contributed by atoms with Crippen LogP contribution in [0.15, 0.2) is 0 Å². The second-order valence-electron chi connectivity index (χ2n) is 14.1. The monoisotopic (exact) mass is 764 g/mol. The number of rotatable bonds is 33. The summed E-state index contributed by atoms with van der Waals surface area (Å²) < 4.78 is 36.8. The molecule has 0 aromatic rings. The Kier molecular flexibility index (Phi) is 28.8. The minimum absolute atomic E-state index is 0.249. The van der Waals surface area contributed by atoms with Crippen LogP contribution in [0.25, 0.3) is 0 Å². The predicted molar refractivity (Wildman–Crippen MR) is 211 cm³/mol. The zero-order valence-corrected chi connectivity index (χ0v) is 36.5. The first kappa shape index (κ1) is 47.3. The first-order valence-electron chi connectivity index (χ1n) is 18.3. The molecule has 0 aliphatic rings. The van der Waals surface area contributed by atoms with Gasteiger partial charge in [-0.05, 0) is 19.3 Å². The van der Waals surface area contributed by atoms with Gasteiger partial charge in [0.05, 0.1) is 38.1 Å². The molecule has 0 amide bonds. The molecular formula is C33H72BCl3O6Si3. The van der Waals surface area contributed by atoms with E-state index < -0.39 is 49.9 Å². The lowest BCUT2D eigenvalue weighted by molar-refractivity contribution is -0.0381. The van der Waals surface area contributed by atoms with Crippen LogP contribution in [-0.2, 0) is 28.2 Å². The molecule has 0 aromatic carbocycles. The van der Waals surface area contributed by atoms with Crippen molar-refractivity contribution in [3.8, 4) is 0 Å². The average Bonchev–Trinajstić information content (AvgIpc) is 3.08. The van der Waals surface area contributed by atoms with Crippen molar-refractivity contribution >= 4 is 66.3 Å². The predicted octanol–water partition coefficient (Wildman–Crippen LogP) is 10.4. The van der Waals surface area contributed by atoms with E-state index in [-0.39, 0.29) is 17.6 Å². The standard InChI is InChI=1S/C33H72BCl3O6Si3/c1-10-44(7,11-2)22-16-19-38-28-31(25-35)41-34(42-32(26-36)29-39-20-17-23-45(8,12-3)13-4)43-33(27-37)30-40-21-18-24-46(9,14-5)15-6/h31-33H,10-30H2,1-9H3. The van der Waals surface area contributed by atoms with Crippen molar-refractivity contribution in [1.29, 1.82) is 0 Å². The lowest BCUT2D eigenvalue weighted by atomic mass is 10.1. The maximum absolute atomic E-state index is 6.34. The van der Waals surface area contributed by atoms with Gasteiger partial charge in [-0.25, -0.2) is 0 Å². The highest BCUT2D eigenvalue weighted by molar-refractivity contribution is 6.79. The summed E-state index contributed by atoms with van der Waals surface area (Å²) in [5, 5.41) is 0. The van der Waals surface area contributed by atoms with Gasteiger partial charge in [0.1, 0.15) is 0 Å². The molecule has 3 atom stereocenters. The molecule has 276 valence electrons. The molecule has 0 heterocycles. The van der Waals surface area contributed by atoms with Crippen LogP contribution in [0.4, 0.5) is 0 Å². The number of hydrogen-bond donors (Lipinski definition) is 0. The molecule has 0 aromatic heterocycles. The van der Waals surface area contributed by atoms with Crippen LogP contribution in [0.5, 0.6) is 0 Å². The summed E-state index contributed by atoms with van der Waals surface area (Å²) in [6.07, 6.45) is 1.96. The molecule has 0 rings (SSSR count). The minimum Gasteiger partial charge on any atom is -0.379 e. The smallest absolute Gasteiger partial charge is 0.379 e. The maximum atomic E-state index is 6.34. The summed E-state index contributed by atoms with van der Waals surface area (Å²) in [4.78, 5) is 0. The van der Waals surface area contributed by atoms with Gasteiger partial charge in [-0.2, -0.15) is 0 Å². The second kappa shape index (κ2) is 28.0. The summed E-state index contributed by atoms with van der Waals surface area (Å²) in [6, 6.07) is 11.7. The van der Waals surface area contributed by atoms with Crippen molar-refractivity contribution in [3.63, 3.8) is 0 Å². The van der Waals surface area contributed by atoms with E-state index in [1.54, 1.807) is 0 Å². The first-order chi connectivity index (χ1) is 21.9. The van der Waals surface area contributed by atoms with Crippen molar-refractivity contribution in [1.82, 2.24) is 0 Å². The third kappa shape index (κ3) is 21.5. The molecule has 3 unspecified atom stereocenters. The summed E-state index contributed by atoms with van der Waals surface area (Å²) in [5.74, 6) is 0.746. The molecule has 0 spiro atoms. The minimum atomic E-state index is -1.14. The number of halogens is 3. The summed E-state index contributed by atoms with van der Waals surface area (Å²) in [6.45, 7) is 24.5. The Balaban J connectivity index is 5.18. The van der Waals surface area contributed by atoms with Crippen LogP contribution < -0.4 is 0 Å². The van der Waals surface area contributed by atoms with E-state index in [4.69, 9.17) is 63.0 Å². The number of ether oxygens (including phenoxy) is 3. The molecule has 0 aliphatic heterocycles. The van der Waals surface area contributed by atoms with Gasteiger partial charge < -0.3 is 28.2 Å². The third-order valence-electron chi connectivity index (χ3n) is 10.7. The average molecular weight is 766 g/mol. The molecule has 0 N–H and O–H groups in total. The fraction of sp³-hybridized carbons (Fsp3) is 1.00. The molecule has 0 saturated heterocycles. The zero-order valence-electron chi connectivity index (χ0n) is 31.2. The van der Waals surface area contributed by atoms with E-state index in [0.29, 0.717) is 39.6 Å². The Labute approximate surface area is 303 Å².